The van der Waals surface area contributed by atoms with Gasteiger partial charge < -0.3 is 4.90 Å². The molecular formula is C32H32N4O. The molecule has 37 heavy (non-hydrogen) atoms. The summed E-state index contributed by atoms with van der Waals surface area (Å²) < 4.78 is 3.80. The number of fused-ring (bicyclic) bond motifs is 1. The molecule has 0 bridgehead atoms. The Hall–Kier alpha value is -3.96. The molecule has 0 N–H and O–H groups in total. The van der Waals surface area contributed by atoms with Crippen molar-refractivity contribution in [3.8, 4) is 16.8 Å². The molecule has 5 aromatic rings. The molecule has 1 aliphatic rings. The summed E-state index contributed by atoms with van der Waals surface area (Å²) in [6.45, 7) is 4.33. The zero-order valence-electron chi connectivity index (χ0n) is 21.1. The third-order valence-electron chi connectivity index (χ3n) is 7.48. The largest absolute Gasteiger partial charge is 0.301 e. The van der Waals surface area contributed by atoms with E-state index in [9.17, 15) is 4.79 Å². The van der Waals surface area contributed by atoms with Crippen molar-refractivity contribution in [3.63, 3.8) is 0 Å². The lowest BCUT2D eigenvalue weighted by Crippen LogP contribution is -2.24. The molecule has 0 amide bonds. The average Bonchev–Trinajstić information content (AvgIpc) is 3.61. The Kier molecular flexibility index (Phi) is 6.70. The third kappa shape index (κ3) is 5.27. The van der Waals surface area contributed by atoms with Gasteiger partial charge in [-0.25, -0.2) is 0 Å². The van der Waals surface area contributed by atoms with Gasteiger partial charge in [0.1, 0.15) is 0 Å². The predicted octanol–water partition coefficient (Wildman–Crippen LogP) is 5.74. The standard InChI is InChI=1S/C32H32N4O/c37-32-22-26(9-8-25-10-12-28(13-11-25)27-6-2-1-3-7-27)16-19-35(32)30-14-15-31-29(23-30)24-33-36(31)21-20-34-17-4-5-18-34/h1-3,6-7,10-16,19,22-24H,4-5,8-9,17-18,20-21H2. The van der Waals surface area contributed by atoms with Gasteiger partial charge in [0.2, 0.25) is 0 Å². The number of aryl methyl sites for hydroxylation is 2. The molecule has 0 atom stereocenters. The molecule has 1 fully saturated rings. The minimum Gasteiger partial charge on any atom is -0.301 e. The van der Waals surface area contributed by atoms with Crippen LogP contribution in [0.3, 0.4) is 0 Å². The van der Waals surface area contributed by atoms with Gasteiger partial charge in [-0.3, -0.25) is 14.0 Å². The van der Waals surface area contributed by atoms with Gasteiger partial charge in [-0.2, -0.15) is 5.10 Å². The lowest BCUT2D eigenvalue weighted by Gasteiger charge is -2.14. The van der Waals surface area contributed by atoms with Gasteiger partial charge in [-0.1, -0.05) is 54.6 Å². The zero-order chi connectivity index (χ0) is 25.0. The van der Waals surface area contributed by atoms with Crippen LogP contribution in [-0.4, -0.2) is 38.9 Å². The Labute approximate surface area is 217 Å². The number of rotatable bonds is 8. The van der Waals surface area contributed by atoms with Crippen LogP contribution in [-0.2, 0) is 19.4 Å². The van der Waals surface area contributed by atoms with E-state index in [1.54, 1.807) is 10.6 Å². The molecule has 3 heterocycles. The zero-order valence-corrected chi connectivity index (χ0v) is 21.1. The normalized spacial score (nSPS) is 13.9. The van der Waals surface area contributed by atoms with Crippen molar-refractivity contribution in [2.45, 2.75) is 32.2 Å². The Morgan fingerprint density at radius 2 is 1.49 bits per heavy atom. The first-order valence-electron chi connectivity index (χ1n) is 13.3. The van der Waals surface area contributed by atoms with Crippen molar-refractivity contribution >= 4 is 10.9 Å². The van der Waals surface area contributed by atoms with Crippen LogP contribution in [0.1, 0.15) is 24.0 Å². The van der Waals surface area contributed by atoms with Crippen LogP contribution in [0.5, 0.6) is 0 Å². The van der Waals surface area contributed by atoms with Crippen molar-refractivity contribution in [2.75, 3.05) is 19.6 Å². The molecule has 0 aliphatic carbocycles. The van der Waals surface area contributed by atoms with Crippen LogP contribution < -0.4 is 5.56 Å². The molecule has 1 saturated heterocycles. The van der Waals surface area contributed by atoms with E-state index in [1.165, 1.54) is 42.6 Å². The van der Waals surface area contributed by atoms with Crippen LogP contribution in [0.2, 0.25) is 0 Å². The topological polar surface area (TPSA) is 43.1 Å². The van der Waals surface area contributed by atoms with Crippen molar-refractivity contribution in [3.05, 3.63) is 119 Å². The van der Waals surface area contributed by atoms with E-state index in [0.29, 0.717) is 0 Å². The number of pyridine rings is 1. The highest BCUT2D eigenvalue weighted by Gasteiger charge is 2.12. The molecule has 5 heteroatoms. The second kappa shape index (κ2) is 10.6. The number of hydrogen-bond acceptors (Lipinski definition) is 3. The minimum absolute atomic E-state index is 0.00213. The maximum atomic E-state index is 13.0. The van der Waals surface area contributed by atoms with Gasteiger partial charge in [-0.05, 0) is 85.3 Å². The SMILES string of the molecule is O=c1cc(CCc2ccc(-c3ccccc3)cc2)ccn1-c1ccc2c(cnn2CCN2CCCC2)c1. The Bertz CT molecular complexity index is 1540. The van der Waals surface area contributed by atoms with E-state index >= 15 is 0 Å². The van der Waals surface area contributed by atoms with Crippen LogP contribution in [0.4, 0.5) is 0 Å². The van der Waals surface area contributed by atoms with Gasteiger partial charge in [-0.15, -0.1) is 0 Å². The van der Waals surface area contributed by atoms with Crippen LogP contribution >= 0.6 is 0 Å². The fourth-order valence-corrected chi connectivity index (χ4v) is 5.32. The first-order chi connectivity index (χ1) is 18.2. The highest BCUT2D eigenvalue weighted by molar-refractivity contribution is 5.81. The number of aromatic nitrogens is 3. The molecule has 1 aliphatic heterocycles. The van der Waals surface area contributed by atoms with Crippen LogP contribution in [0, 0.1) is 0 Å². The first kappa shape index (κ1) is 23.4. The molecule has 0 unspecified atom stereocenters. The molecule has 0 radical (unpaired) electrons. The summed E-state index contributed by atoms with van der Waals surface area (Å²) in [7, 11) is 0. The number of likely N-dealkylation sites (tertiary alicyclic amines) is 1. The fraction of sp³-hybridized carbons (Fsp3) is 0.250. The van der Waals surface area contributed by atoms with Crippen LogP contribution in [0.25, 0.3) is 27.7 Å². The van der Waals surface area contributed by atoms with E-state index in [1.807, 2.05) is 24.5 Å². The lowest BCUT2D eigenvalue weighted by molar-refractivity contribution is 0.318. The second-order valence-electron chi connectivity index (χ2n) is 9.97. The van der Waals surface area contributed by atoms with Crippen molar-refractivity contribution < 1.29 is 0 Å². The smallest absolute Gasteiger partial charge is 0.255 e. The van der Waals surface area contributed by atoms with E-state index in [2.05, 4.69) is 81.4 Å². The highest BCUT2D eigenvalue weighted by Crippen LogP contribution is 2.21. The number of benzene rings is 3. The third-order valence-corrected chi connectivity index (χ3v) is 7.48. The van der Waals surface area contributed by atoms with E-state index < -0.39 is 0 Å². The number of hydrogen-bond donors (Lipinski definition) is 0. The van der Waals surface area contributed by atoms with E-state index in [-0.39, 0.29) is 5.56 Å². The molecule has 2 aromatic heterocycles. The molecule has 5 nitrogen and oxygen atoms in total. The monoisotopic (exact) mass is 488 g/mol. The molecule has 186 valence electrons. The van der Waals surface area contributed by atoms with Crippen molar-refractivity contribution in [1.82, 2.24) is 19.2 Å². The van der Waals surface area contributed by atoms with Gasteiger partial charge in [0.15, 0.2) is 0 Å². The summed E-state index contributed by atoms with van der Waals surface area (Å²) in [5, 5.41) is 5.67. The quantitative estimate of drug-likeness (QED) is 0.280. The molecule has 0 saturated carbocycles. The summed E-state index contributed by atoms with van der Waals surface area (Å²) in [4.78, 5) is 15.5. The van der Waals surface area contributed by atoms with E-state index in [0.717, 1.165) is 48.1 Å². The van der Waals surface area contributed by atoms with Crippen molar-refractivity contribution in [2.24, 2.45) is 0 Å². The average molecular weight is 489 g/mol. The molecule has 6 rings (SSSR count). The summed E-state index contributed by atoms with van der Waals surface area (Å²) in [6.07, 6.45) is 8.16. The molecular weight excluding hydrogens is 456 g/mol. The molecule has 0 spiro atoms. The predicted molar refractivity (Wildman–Crippen MR) is 150 cm³/mol. The second-order valence-corrected chi connectivity index (χ2v) is 9.97. The van der Waals surface area contributed by atoms with Gasteiger partial charge in [0.05, 0.1) is 18.3 Å². The van der Waals surface area contributed by atoms with E-state index in [4.69, 9.17) is 0 Å². The summed E-state index contributed by atoms with van der Waals surface area (Å²) in [5.74, 6) is 0. The Morgan fingerprint density at radius 1 is 0.730 bits per heavy atom. The Morgan fingerprint density at radius 3 is 2.27 bits per heavy atom. The summed E-state index contributed by atoms with van der Waals surface area (Å²) in [6, 6.07) is 29.1. The highest BCUT2D eigenvalue weighted by atomic mass is 16.1. The van der Waals surface area contributed by atoms with Crippen LogP contribution in [0.15, 0.2) is 102 Å². The minimum atomic E-state index is -0.00213. The number of nitrogens with zero attached hydrogens (tertiary/aromatic N) is 4. The molecule has 3 aromatic carbocycles. The van der Waals surface area contributed by atoms with Gasteiger partial charge >= 0.3 is 0 Å². The Balaban J connectivity index is 1.12. The fourth-order valence-electron chi connectivity index (χ4n) is 5.32. The first-order valence-corrected chi connectivity index (χ1v) is 13.3. The van der Waals surface area contributed by atoms with Gasteiger partial charge in [0.25, 0.3) is 5.56 Å². The summed E-state index contributed by atoms with van der Waals surface area (Å²) in [5.41, 5.74) is 6.77. The lowest BCUT2D eigenvalue weighted by atomic mass is 10.0. The maximum absolute atomic E-state index is 13.0. The maximum Gasteiger partial charge on any atom is 0.255 e. The summed E-state index contributed by atoms with van der Waals surface area (Å²) >= 11 is 0. The van der Waals surface area contributed by atoms with Gasteiger partial charge in [0, 0.05) is 29.9 Å². The van der Waals surface area contributed by atoms with Crippen molar-refractivity contribution in [1.29, 1.82) is 0 Å².